The number of allylic oxidation sites excluding steroid dienone is 2. The van der Waals surface area contributed by atoms with Gasteiger partial charge in [-0.05, 0) is 38.3 Å². The molecule has 0 aromatic heterocycles. The van der Waals surface area contributed by atoms with E-state index in [0.717, 1.165) is 18.6 Å². The maximum absolute atomic E-state index is 5.86. The predicted octanol–water partition coefficient (Wildman–Crippen LogP) is 3.67. The van der Waals surface area contributed by atoms with Crippen LogP contribution >= 0.6 is 0 Å². The molecular formula is C15H20O2. The second-order valence-corrected chi connectivity index (χ2v) is 4.55. The maximum atomic E-state index is 5.86. The van der Waals surface area contributed by atoms with E-state index < -0.39 is 0 Å². The maximum Gasteiger partial charge on any atom is 0.124 e. The summed E-state index contributed by atoms with van der Waals surface area (Å²) in [6.07, 6.45) is 4.62. The van der Waals surface area contributed by atoms with Gasteiger partial charge in [0.25, 0.3) is 0 Å². The van der Waals surface area contributed by atoms with Crippen molar-refractivity contribution in [3.05, 3.63) is 47.7 Å². The standard InChI is InChI=1S/C15H20O2/c1-12-7-6-10-15(17-12)13(2)16-11-14-8-4-3-5-9-14/h3-5,7-9,13,15H,6,10-11H2,1-2H3. The zero-order valence-electron chi connectivity index (χ0n) is 10.6. The van der Waals surface area contributed by atoms with Gasteiger partial charge in [0.2, 0.25) is 0 Å². The van der Waals surface area contributed by atoms with Gasteiger partial charge in [0.05, 0.1) is 18.5 Å². The van der Waals surface area contributed by atoms with Crippen molar-refractivity contribution in [3.8, 4) is 0 Å². The van der Waals surface area contributed by atoms with E-state index in [1.165, 1.54) is 5.56 Å². The second-order valence-electron chi connectivity index (χ2n) is 4.55. The molecule has 0 radical (unpaired) electrons. The van der Waals surface area contributed by atoms with Crippen molar-refractivity contribution in [1.29, 1.82) is 0 Å². The Bertz CT molecular complexity index is 370. The average molecular weight is 232 g/mol. The lowest BCUT2D eigenvalue weighted by molar-refractivity contribution is -0.0559. The van der Waals surface area contributed by atoms with Crippen LogP contribution in [0.5, 0.6) is 0 Å². The highest BCUT2D eigenvalue weighted by Crippen LogP contribution is 2.21. The number of hydrogen-bond acceptors (Lipinski definition) is 2. The smallest absolute Gasteiger partial charge is 0.124 e. The van der Waals surface area contributed by atoms with Crippen molar-refractivity contribution in [2.45, 2.75) is 45.5 Å². The molecule has 17 heavy (non-hydrogen) atoms. The highest BCUT2D eigenvalue weighted by Gasteiger charge is 2.21. The number of benzene rings is 1. The summed E-state index contributed by atoms with van der Waals surface area (Å²) in [6.45, 7) is 4.76. The molecule has 92 valence electrons. The monoisotopic (exact) mass is 232 g/mol. The Morgan fingerprint density at radius 3 is 2.82 bits per heavy atom. The minimum atomic E-state index is 0.138. The van der Waals surface area contributed by atoms with Crippen LogP contribution in [-0.4, -0.2) is 12.2 Å². The minimum absolute atomic E-state index is 0.138. The molecule has 0 bridgehead atoms. The molecule has 1 aliphatic heterocycles. The van der Waals surface area contributed by atoms with Gasteiger partial charge in [-0.2, -0.15) is 0 Å². The normalized spacial score (nSPS) is 21.5. The van der Waals surface area contributed by atoms with Crippen LogP contribution in [0.25, 0.3) is 0 Å². The van der Waals surface area contributed by atoms with Crippen molar-refractivity contribution < 1.29 is 9.47 Å². The number of hydrogen-bond donors (Lipinski definition) is 0. The lowest BCUT2D eigenvalue weighted by Crippen LogP contribution is -2.30. The van der Waals surface area contributed by atoms with Gasteiger partial charge >= 0.3 is 0 Å². The third-order valence-electron chi connectivity index (χ3n) is 3.10. The van der Waals surface area contributed by atoms with Gasteiger partial charge in [0.1, 0.15) is 6.10 Å². The van der Waals surface area contributed by atoms with Crippen molar-refractivity contribution in [1.82, 2.24) is 0 Å². The van der Waals surface area contributed by atoms with Gasteiger partial charge in [0, 0.05) is 0 Å². The molecule has 1 aromatic carbocycles. The van der Waals surface area contributed by atoms with Gasteiger partial charge in [-0.1, -0.05) is 30.3 Å². The molecule has 1 aliphatic rings. The first-order chi connectivity index (χ1) is 8.25. The Kier molecular flexibility index (Phi) is 4.21. The fourth-order valence-electron chi connectivity index (χ4n) is 2.04. The summed E-state index contributed by atoms with van der Waals surface area (Å²) < 4.78 is 11.6. The van der Waals surface area contributed by atoms with Crippen molar-refractivity contribution in [2.24, 2.45) is 0 Å². The molecule has 2 unspecified atom stereocenters. The molecule has 0 fully saturated rings. The van der Waals surface area contributed by atoms with Crippen LogP contribution in [0.2, 0.25) is 0 Å². The van der Waals surface area contributed by atoms with Gasteiger partial charge in [-0.3, -0.25) is 0 Å². The first kappa shape index (κ1) is 12.2. The van der Waals surface area contributed by atoms with Crippen LogP contribution in [0.1, 0.15) is 32.3 Å². The van der Waals surface area contributed by atoms with E-state index in [1.54, 1.807) is 0 Å². The molecule has 2 heteroatoms. The Labute approximate surface area is 103 Å². The van der Waals surface area contributed by atoms with E-state index in [0.29, 0.717) is 6.61 Å². The Morgan fingerprint density at radius 2 is 2.12 bits per heavy atom. The molecule has 0 aliphatic carbocycles. The first-order valence-electron chi connectivity index (χ1n) is 6.24. The van der Waals surface area contributed by atoms with Crippen LogP contribution in [0.3, 0.4) is 0 Å². The summed E-state index contributed by atoms with van der Waals surface area (Å²) in [5.74, 6) is 1.02. The summed E-state index contributed by atoms with van der Waals surface area (Å²) in [5, 5.41) is 0. The third-order valence-corrected chi connectivity index (χ3v) is 3.10. The van der Waals surface area contributed by atoms with Crippen molar-refractivity contribution in [2.75, 3.05) is 0 Å². The third kappa shape index (κ3) is 3.60. The van der Waals surface area contributed by atoms with Gasteiger partial charge in [-0.25, -0.2) is 0 Å². The highest BCUT2D eigenvalue weighted by molar-refractivity contribution is 5.13. The van der Waals surface area contributed by atoms with Gasteiger partial charge in [0.15, 0.2) is 0 Å². The van der Waals surface area contributed by atoms with E-state index in [4.69, 9.17) is 9.47 Å². The Morgan fingerprint density at radius 1 is 1.35 bits per heavy atom. The molecule has 0 spiro atoms. The molecule has 1 heterocycles. The summed E-state index contributed by atoms with van der Waals surface area (Å²) >= 11 is 0. The molecule has 2 rings (SSSR count). The quantitative estimate of drug-likeness (QED) is 0.788. The fourth-order valence-corrected chi connectivity index (χ4v) is 2.04. The van der Waals surface area contributed by atoms with Crippen LogP contribution < -0.4 is 0 Å². The molecule has 0 N–H and O–H groups in total. The lowest BCUT2D eigenvalue weighted by Gasteiger charge is -2.28. The van der Waals surface area contributed by atoms with E-state index >= 15 is 0 Å². The number of ether oxygens (including phenoxy) is 2. The van der Waals surface area contributed by atoms with Crippen molar-refractivity contribution >= 4 is 0 Å². The van der Waals surface area contributed by atoms with Crippen LogP contribution in [0.15, 0.2) is 42.2 Å². The first-order valence-corrected chi connectivity index (χ1v) is 6.24. The van der Waals surface area contributed by atoms with Crippen LogP contribution in [0.4, 0.5) is 0 Å². The topological polar surface area (TPSA) is 18.5 Å². The average Bonchev–Trinajstić information content (AvgIpc) is 2.37. The van der Waals surface area contributed by atoms with E-state index in [9.17, 15) is 0 Å². The minimum Gasteiger partial charge on any atom is -0.493 e. The molecule has 1 aromatic rings. The molecule has 0 saturated heterocycles. The van der Waals surface area contributed by atoms with Gasteiger partial charge in [-0.15, -0.1) is 0 Å². The molecular weight excluding hydrogens is 212 g/mol. The second kappa shape index (κ2) is 5.87. The zero-order valence-corrected chi connectivity index (χ0v) is 10.6. The lowest BCUT2D eigenvalue weighted by atomic mass is 10.1. The fraction of sp³-hybridized carbons (Fsp3) is 0.467. The van der Waals surface area contributed by atoms with Gasteiger partial charge < -0.3 is 9.47 Å². The van der Waals surface area contributed by atoms with E-state index in [2.05, 4.69) is 25.1 Å². The Hall–Kier alpha value is -1.28. The van der Waals surface area contributed by atoms with Crippen LogP contribution in [0, 0.1) is 0 Å². The highest BCUT2D eigenvalue weighted by atomic mass is 16.5. The summed E-state index contributed by atoms with van der Waals surface area (Å²) in [5.41, 5.74) is 1.21. The molecule has 0 amide bonds. The zero-order chi connectivity index (χ0) is 12.1. The molecule has 2 nitrogen and oxygen atoms in total. The van der Waals surface area contributed by atoms with Crippen molar-refractivity contribution in [3.63, 3.8) is 0 Å². The van der Waals surface area contributed by atoms with E-state index in [1.807, 2.05) is 25.1 Å². The largest absolute Gasteiger partial charge is 0.493 e. The summed E-state index contributed by atoms with van der Waals surface area (Å²) in [4.78, 5) is 0. The molecule has 2 atom stereocenters. The number of rotatable bonds is 4. The Balaban J connectivity index is 1.81. The summed E-state index contributed by atoms with van der Waals surface area (Å²) in [7, 11) is 0. The molecule has 0 saturated carbocycles. The predicted molar refractivity (Wildman–Crippen MR) is 68.6 cm³/mol. The SMILES string of the molecule is CC1=CCCC(C(C)OCc2ccccc2)O1. The van der Waals surface area contributed by atoms with E-state index in [-0.39, 0.29) is 12.2 Å². The van der Waals surface area contributed by atoms with Crippen LogP contribution in [-0.2, 0) is 16.1 Å². The summed E-state index contributed by atoms with van der Waals surface area (Å²) in [6, 6.07) is 10.3.